The number of anilines is 1. The van der Waals surface area contributed by atoms with Gasteiger partial charge in [-0.2, -0.15) is 0 Å². The van der Waals surface area contributed by atoms with Crippen LogP contribution in [-0.2, 0) is 4.74 Å². The third-order valence-corrected chi connectivity index (χ3v) is 5.85. The standard InChI is InChI=1S/C16H21N3OS/c1-11-3-4-14-15(12(11)2)17-16(21-14)19-9-13(10-19)18-5-7-20-8-6-18/h3-4,13H,5-10H2,1-2H3. The molecule has 4 rings (SSSR count). The van der Waals surface area contributed by atoms with Gasteiger partial charge in [-0.3, -0.25) is 4.90 Å². The van der Waals surface area contributed by atoms with Crippen molar-refractivity contribution in [2.75, 3.05) is 44.3 Å². The number of hydrogen-bond acceptors (Lipinski definition) is 5. The molecule has 0 atom stereocenters. The van der Waals surface area contributed by atoms with Crippen LogP contribution in [0.1, 0.15) is 11.1 Å². The second-order valence-corrected chi connectivity index (χ2v) is 7.07. The molecule has 3 heterocycles. The van der Waals surface area contributed by atoms with Crippen LogP contribution >= 0.6 is 11.3 Å². The van der Waals surface area contributed by atoms with Crippen molar-refractivity contribution in [2.24, 2.45) is 0 Å². The van der Waals surface area contributed by atoms with E-state index in [1.807, 2.05) is 11.3 Å². The van der Waals surface area contributed by atoms with Crippen molar-refractivity contribution in [2.45, 2.75) is 19.9 Å². The summed E-state index contributed by atoms with van der Waals surface area (Å²) >= 11 is 1.82. The fourth-order valence-electron chi connectivity index (χ4n) is 3.13. The van der Waals surface area contributed by atoms with Crippen molar-refractivity contribution in [1.82, 2.24) is 9.88 Å². The first-order chi connectivity index (χ1) is 10.2. The van der Waals surface area contributed by atoms with Gasteiger partial charge in [0.25, 0.3) is 0 Å². The topological polar surface area (TPSA) is 28.6 Å². The second-order valence-electron chi connectivity index (χ2n) is 6.06. The number of morpholine rings is 1. The SMILES string of the molecule is Cc1ccc2sc(N3CC(N4CCOCC4)C3)nc2c1C. The molecule has 2 aromatic rings. The Morgan fingerprint density at radius 3 is 2.71 bits per heavy atom. The van der Waals surface area contributed by atoms with Gasteiger partial charge in [0.15, 0.2) is 5.13 Å². The van der Waals surface area contributed by atoms with Gasteiger partial charge in [0.1, 0.15) is 0 Å². The Hall–Kier alpha value is -1.17. The number of nitrogens with zero attached hydrogens (tertiary/aromatic N) is 3. The van der Waals surface area contributed by atoms with E-state index in [2.05, 4.69) is 35.8 Å². The molecule has 112 valence electrons. The number of aryl methyl sites for hydroxylation is 2. The summed E-state index contributed by atoms with van der Waals surface area (Å²) in [5.74, 6) is 0. The van der Waals surface area contributed by atoms with Crippen molar-refractivity contribution in [3.05, 3.63) is 23.3 Å². The predicted molar refractivity (Wildman–Crippen MR) is 87.5 cm³/mol. The zero-order valence-corrected chi connectivity index (χ0v) is 13.4. The van der Waals surface area contributed by atoms with Crippen LogP contribution in [0, 0.1) is 13.8 Å². The number of fused-ring (bicyclic) bond motifs is 1. The van der Waals surface area contributed by atoms with E-state index in [-0.39, 0.29) is 0 Å². The normalized spacial score (nSPS) is 21.0. The molecule has 0 amide bonds. The number of hydrogen-bond donors (Lipinski definition) is 0. The van der Waals surface area contributed by atoms with Gasteiger partial charge in [0.2, 0.25) is 0 Å². The van der Waals surface area contributed by atoms with Crippen molar-refractivity contribution in [3.63, 3.8) is 0 Å². The summed E-state index contributed by atoms with van der Waals surface area (Å²) in [5, 5.41) is 1.18. The van der Waals surface area contributed by atoms with Gasteiger partial charge in [0, 0.05) is 32.2 Å². The van der Waals surface area contributed by atoms with Crippen LogP contribution in [-0.4, -0.2) is 55.3 Å². The van der Waals surface area contributed by atoms with Gasteiger partial charge >= 0.3 is 0 Å². The number of ether oxygens (including phenoxy) is 1. The molecule has 0 N–H and O–H groups in total. The predicted octanol–water partition coefficient (Wildman–Crippen LogP) is 2.43. The van der Waals surface area contributed by atoms with E-state index < -0.39 is 0 Å². The molecule has 21 heavy (non-hydrogen) atoms. The smallest absolute Gasteiger partial charge is 0.186 e. The molecule has 0 saturated carbocycles. The van der Waals surface area contributed by atoms with E-state index in [1.54, 1.807) is 0 Å². The molecule has 0 aliphatic carbocycles. The number of rotatable bonds is 2. The Balaban J connectivity index is 1.49. The van der Waals surface area contributed by atoms with Crippen LogP contribution in [0.2, 0.25) is 0 Å². The molecule has 0 unspecified atom stereocenters. The van der Waals surface area contributed by atoms with Crippen molar-refractivity contribution >= 4 is 26.7 Å². The van der Waals surface area contributed by atoms with E-state index in [0.29, 0.717) is 6.04 Å². The molecule has 0 radical (unpaired) electrons. The first-order valence-electron chi connectivity index (χ1n) is 7.66. The van der Waals surface area contributed by atoms with Crippen molar-refractivity contribution in [1.29, 1.82) is 0 Å². The lowest BCUT2D eigenvalue weighted by molar-refractivity contribution is 0.0105. The summed E-state index contributed by atoms with van der Waals surface area (Å²) in [7, 11) is 0. The summed E-state index contributed by atoms with van der Waals surface area (Å²) in [6, 6.07) is 5.09. The number of thiazole rings is 1. The Morgan fingerprint density at radius 1 is 1.19 bits per heavy atom. The largest absolute Gasteiger partial charge is 0.379 e. The van der Waals surface area contributed by atoms with Crippen LogP contribution in [0.3, 0.4) is 0 Å². The summed E-state index contributed by atoms with van der Waals surface area (Å²) in [4.78, 5) is 9.85. The maximum absolute atomic E-state index is 5.43. The average molecular weight is 303 g/mol. The maximum Gasteiger partial charge on any atom is 0.186 e. The quantitative estimate of drug-likeness (QED) is 0.852. The van der Waals surface area contributed by atoms with Crippen LogP contribution in [0.15, 0.2) is 12.1 Å². The van der Waals surface area contributed by atoms with E-state index in [4.69, 9.17) is 9.72 Å². The molecule has 4 nitrogen and oxygen atoms in total. The van der Waals surface area contributed by atoms with Crippen LogP contribution < -0.4 is 4.90 Å². The Bertz CT molecular complexity index is 657. The molecule has 0 spiro atoms. The highest BCUT2D eigenvalue weighted by Gasteiger charge is 2.34. The van der Waals surface area contributed by atoms with Crippen molar-refractivity contribution < 1.29 is 4.74 Å². The lowest BCUT2D eigenvalue weighted by atomic mass is 10.1. The van der Waals surface area contributed by atoms with Gasteiger partial charge in [-0.25, -0.2) is 4.98 Å². The molecule has 5 heteroatoms. The molecule has 1 aromatic heterocycles. The molecule has 0 bridgehead atoms. The Kier molecular flexibility index (Phi) is 3.36. The highest BCUT2D eigenvalue weighted by Crippen LogP contribution is 2.34. The highest BCUT2D eigenvalue weighted by molar-refractivity contribution is 7.22. The second kappa shape index (κ2) is 5.23. The first kappa shape index (κ1) is 13.5. The van der Waals surface area contributed by atoms with Crippen LogP contribution in [0.4, 0.5) is 5.13 Å². The van der Waals surface area contributed by atoms with Crippen molar-refractivity contribution in [3.8, 4) is 0 Å². The first-order valence-corrected chi connectivity index (χ1v) is 8.47. The minimum absolute atomic E-state index is 0.684. The Labute approximate surface area is 129 Å². The lowest BCUT2D eigenvalue weighted by Crippen LogP contribution is -2.61. The highest BCUT2D eigenvalue weighted by atomic mass is 32.1. The molecule has 2 aliphatic heterocycles. The molecule has 1 aromatic carbocycles. The van der Waals surface area contributed by atoms with Gasteiger partial charge in [-0.15, -0.1) is 0 Å². The zero-order valence-electron chi connectivity index (χ0n) is 12.6. The third-order valence-electron chi connectivity index (χ3n) is 4.77. The van der Waals surface area contributed by atoms with Gasteiger partial charge in [-0.1, -0.05) is 17.4 Å². The lowest BCUT2D eigenvalue weighted by Gasteiger charge is -2.46. The molecule has 2 fully saturated rings. The Morgan fingerprint density at radius 2 is 1.95 bits per heavy atom. The summed E-state index contributed by atoms with van der Waals surface area (Å²) < 4.78 is 6.74. The van der Waals surface area contributed by atoms with Crippen LogP contribution in [0.25, 0.3) is 10.2 Å². The third kappa shape index (κ3) is 2.33. The monoisotopic (exact) mass is 303 g/mol. The van der Waals surface area contributed by atoms with E-state index in [0.717, 1.165) is 39.4 Å². The number of benzene rings is 1. The van der Waals surface area contributed by atoms with E-state index >= 15 is 0 Å². The minimum atomic E-state index is 0.684. The van der Waals surface area contributed by atoms with Gasteiger partial charge in [0.05, 0.1) is 23.4 Å². The molecule has 2 saturated heterocycles. The molecule has 2 aliphatic rings. The molecular weight excluding hydrogens is 282 g/mol. The maximum atomic E-state index is 5.43. The van der Waals surface area contributed by atoms with Gasteiger partial charge in [-0.05, 0) is 31.0 Å². The number of aromatic nitrogens is 1. The van der Waals surface area contributed by atoms with Gasteiger partial charge < -0.3 is 9.64 Å². The summed E-state index contributed by atoms with van der Waals surface area (Å²) in [5.41, 5.74) is 3.83. The summed E-state index contributed by atoms with van der Waals surface area (Å²) in [6.07, 6.45) is 0. The summed E-state index contributed by atoms with van der Waals surface area (Å²) in [6.45, 7) is 10.5. The van der Waals surface area contributed by atoms with E-state index in [9.17, 15) is 0 Å². The average Bonchev–Trinajstić information content (AvgIpc) is 2.87. The minimum Gasteiger partial charge on any atom is -0.379 e. The molecular formula is C16H21N3OS. The van der Waals surface area contributed by atoms with Crippen LogP contribution in [0.5, 0.6) is 0 Å². The van der Waals surface area contributed by atoms with E-state index in [1.165, 1.54) is 26.5 Å². The fourth-order valence-corrected chi connectivity index (χ4v) is 4.18. The fraction of sp³-hybridized carbons (Fsp3) is 0.562. The zero-order chi connectivity index (χ0) is 14.4.